The number of nitrogens with zero attached hydrogens (tertiary/aromatic N) is 3. The van der Waals surface area contributed by atoms with Crippen LogP contribution < -0.4 is 0 Å². The molecule has 0 bridgehead atoms. The molecule has 25 heavy (non-hydrogen) atoms. The molecule has 1 N–H and O–H groups in total. The van der Waals surface area contributed by atoms with E-state index in [0.717, 1.165) is 24.1 Å². The smallest absolute Gasteiger partial charge is 0.254 e. The monoisotopic (exact) mass is 339 g/mol. The Balaban J connectivity index is 1.63. The Morgan fingerprint density at radius 1 is 1.24 bits per heavy atom. The summed E-state index contributed by atoms with van der Waals surface area (Å²) in [6, 6.07) is 10.1. The van der Waals surface area contributed by atoms with Crippen LogP contribution >= 0.6 is 0 Å². The molecular weight excluding hydrogens is 321 g/mol. The summed E-state index contributed by atoms with van der Waals surface area (Å²) < 4.78 is 15.2. The van der Waals surface area contributed by atoms with Crippen molar-refractivity contribution in [1.82, 2.24) is 14.3 Å². The number of amides is 1. The van der Waals surface area contributed by atoms with E-state index in [9.17, 15) is 14.3 Å². The number of carbonyl (C=O) groups excluding carboxylic acids is 1. The summed E-state index contributed by atoms with van der Waals surface area (Å²) in [5, 5.41) is 9.39. The Bertz CT molecular complexity index is 920. The quantitative estimate of drug-likeness (QED) is 0.798. The first-order chi connectivity index (χ1) is 12.2. The van der Waals surface area contributed by atoms with Crippen LogP contribution in [0.4, 0.5) is 4.39 Å². The summed E-state index contributed by atoms with van der Waals surface area (Å²) in [6.45, 7) is 0.676. The summed E-state index contributed by atoms with van der Waals surface area (Å²) >= 11 is 0. The zero-order valence-electron chi connectivity index (χ0n) is 13.6. The first-order valence-electron chi connectivity index (χ1n) is 8.32. The fourth-order valence-electron chi connectivity index (χ4n) is 3.41. The van der Waals surface area contributed by atoms with Gasteiger partial charge < -0.3 is 10.0 Å². The van der Waals surface area contributed by atoms with E-state index >= 15 is 0 Å². The van der Waals surface area contributed by atoms with Crippen molar-refractivity contribution in [3.05, 3.63) is 60.2 Å². The molecule has 1 aliphatic heterocycles. The van der Waals surface area contributed by atoms with E-state index in [4.69, 9.17) is 0 Å². The maximum absolute atomic E-state index is 13.5. The predicted molar refractivity (Wildman–Crippen MR) is 91.7 cm³/mol. The second kappa shape index (κ2) is 6.29. The topological polar surface area (TPSA) is 57.8 Å². The molecule has 1 atom stereocenters. The lowest BCUT2D eigenvalue weighted by molar-refractivity contribution is 0.0677. The lowest BCUT2D eigenvalue weighted by Crippen LogP contribution is -2.37. The average molecular weight is 339 g/mol. The molecule has 0 unspecified atom stereocenters. The fourth-order valence-corrected chi connectivity index (χ4v) is 3.41. The van der Waals surface area contributed by atoms with Crippen LogP contribution in [0.5, 0.6) is 0 Å². The lowest BCUT2D eigenvalue weighted by Gasteiger charge is -2.23. The number of imidazole rings is 1. The molecule has 0 saturated carbocycles. The molecule has 4 rings (SSSR count). The van der Waals surface area contributed by atoms with Gasteiger partial charge >= 0.3 is 0 Å². The minimum Gasteiger partial charge on any atom is -0.394 e. The maximum atomic E-state index is 13.5. The van der Waals surface area contributed by atoms with Crippen molar-refractivity contribution in [3.8, 4) is 11.3 Å². The van der Waals surface area contributed by atoms with Crippen molar-refractivity contribution in [1.29, 1.82) is 0 Å². The Labute approximate surface area is 144 Å². The molecular formula is C19H18FN3O2. The maximum Gasteiger partial charge on any atom is 0.254 e. The number of benzene rings is 1. The van der Waals surface area contributed by atoms with Gasteiger partial charge in [0.1, 0.15) is 11.5 Å². The highest BCUT2D eigenvalue weighted by Crippen LogP contribution is 2.24. The van der Waals surface area contributed by atoms with E-state index in [0.29, 0.717) is 17.8 Å². The molecule has 1 amide bonds. The molecule has 1 saturated heterocycles. The van der Waals surface area contributed by atoms with Crippen molar-refractivity contribution >= 4 is 11.6 Å². The number of rotatable bonds is 3. The third-order valence-electron chi connectivity index (χ3n) is 4.75. The van der Waals surface area contributed by atoms with Gasteiger partial charge in [-0.25, -0.2) is 9.37 Å². The highest BCUT2D eigenvalue weighted by molar-refractivity contribution is 5.95. The summed E-state index contributed by atoms with van der Waals surface area (Å²) in [7, 11) is 0. The highest BCUT2D eigenvalue weighted by Gasteiger charge is 2.28. The zero-order valence-corrected chi connectivity index (χ0v) is 13.6. The standard InChI is InChI=1S/C19H18FN3O2/c20-15-7-8-18-21-10-17(23(18)11-15)13-3-5-14(6-4-13)19(25)22-9-1-2-16(22)12-24/h3-8,10-11,16,24H,1-2,9,12H2/t16-/m0/s1. The summed E-state index contributed by atoms with van der Waals surface area (Å²) in [4.78, 5) is 18.6. The van der Waals surface area contributed by atoms with Gasteiger partial charge in [-0.15, -0.1) is 0 Å². The Kier molecular flexibility index (Phi) is 3.97. The molecule has 128 valence electrons. The Hall–Kier alpha value is -2.73. The van der Waals surface area contributed by atoms with Gasteiger partial charge in [-0.1, -0.05) is 12.1 Å². The number of aliphatic hydroxyl groups is 1. The highest BCUT2D eigenvalue weighted by atomic mass is 19.1. The SMILES string of the molecule is O=C(c1ccc(-c2cnc3ccc(F)cn23)cc1)N1CCC[C@H]1CO. The molecule has 0 radical (unpaired) electrons. The normalized spacial score (nSPS) is 17.4. The molecule has 3 heterocycles. The van der Waals surface area contributed by atoms with E-state index in [1.54, 1.807) is 33.7 Å². The first-order valence-corrected chi connectivity index (χ1v) is 8.32. The van der Waals surface area contributed by atoms with Gasteiger partial charge in [0, 0.05) is 23.9 Å². The molecule has 1 aromatic carbocycles. The van der Waals surface area contributed by atoms with Crippen LogP contribution in [0.1, 0.15) is 23.2 Å². The third kappa shape index (κ3) is 2.78. The fraction of sp³-hybridized carbons (Fsp3) is 0.263. The summed E-state index contributed by atoms with van der Waals surface area (Å²) in [6.07, 6.45) is 4.84. The summed E-state index contributed by atoms with van der Waals surface area (Å²) in [5.74, 6) is -0.394. The number of carbonyl (C=O) groups is 1. The Morgan fingerprint density at radius 3 is 2.80 bits per heavy atom. The van der Waals surface area contributed by atoms with Gasteiger partial charge in [0.15, 0.2) is 0 Å². The van der Waals surface area contributed by atoms with Crippen molar-refractivity contribution in [3.63, 3.8) is 0 Å². The van der Waals surface area contributed by atoms with Gasteiger partial charge in [0.05, 0.1) is 24.5 Å². The van der Waals surface area contributed by atoms with Crippen LogP contribution in [-0.4, -0.2) is 44.5 Å². The number of fused-ring (bicyclic) bond motifs is 1. The van der Waals surface area contributed by atoms with Crippen LogP contribution in [0.15, 0.2) is 48.8 Å². The van der Waals surface area contributed by atoms with Gasteiger partial charge in [-0.3, -0.25) is 9.20 Å². The molecule has 1 fully saturated rings. The number of hydrogen-bond donors (Lipinski definition) is 1. The van der Waals surface area contributed by atoms with E-state index < -0.39 is 0 Å². The molecule has 2 aromatic heterocycles. The number of pyridine rings is 1. The number of likely N-dealkylation sites (tertiary alicyclic amines) is 1. The number of aliphatic hydroxyl groups excluding tert-OH is 1. The lowest BCUT2D eigenvalue weighted by atomic mass is 10.1. The van der Waals surface area contributed by atoms with E-state index in [-0.39, 0.29) is 24.4 Å². The van der Waals surface area contributed by atoms with Crippen LogP contribution in [0.2, 0.25) is 0 Å². The van der Waals surface area contributed by atoms with Crippen molar-refractivity contribution in [2.75, 3.05) is 13.2 Å². The molecule has 3 aromatic rings. The molecule has 5 nitrogen and oxygen atoms in total. The van der Waals surface area contributed by atoms with E-state index in [1.807, 2.05) is 12.1 Å². The average Bonchev–Trinajstić information content (AvgIpc) is 3.27. The van der Waals surface area contributed by atoms with Gasteiger partial charge in [0.2, 0.25) is 0 Å². The minimum atomic E-state index is -0.331. The third-order valence-corrected chi connectivity index (χ3v) is 4.75. The molecule has 1 aliphatic rings. The summed E-state index contributed by atoms with van der Waals surface area (Å²) in [5.41, 5.74) is 2.88. The first kappa shape index (κ1) is 15.8. The van der Waals surface area contributed by atoms with E-state index in [2.05, 4.69) is 4.98 Å². The second-order valence-electron chi connectivity index (χ2n) is 6.27. The minimum absolute atomic E-state index is 0.00278. The van der Waals surface area contributed by atoms with Crippen molar-refractivity contribution in [2.24, 2.45) is 0 Å². The zero-order chi connectivity index (χ0) is 17.4. The van der Waals surface area contributed by atoms with Crippen molar-refractivity contribution in [2.45, 2.75) is 18.9 Å². The molecule has 6 heteroatoms. The van der Waals surface area contributed by atoms with Gasteiger partial charge in [-0.05, 0) is 37.1 Å². The molecule has 0 aliphatic carbocycles. The molecule has 0 spiro atoms. The number of hydrogen-bond acceptors (Lipinski definition) is 3. The number of aromatic nitrogens is 2. The largest absolute Gasteiger partial charge is 0.394 e. The van der Waals surface area contributed by atoms with Crippen LogP contribution in [0.25, 0.3) is 16.9 Å². The predicted octanol–water partition coefficient (Wildman–Crippen LogP) is 2.74. The second-order valence-corrected chi connectivity index (χ2v) is 6.27. The van der Waals surface area contributed by atoms with Crippen LogP contribution in [0.3, 0.4) is 0 Å². The van der Waals surface area contributed by atoms with Crippen LogP contribution in [-0.2, 0) is 0 Å². The Morgan fingerprint density at radius 2 is 2.04 bits per heavy atom. The van der Waals surface area contributed by atoms with Gasteiger partial charge in [0.25, 0.3) is 5.91 Å². The van der Waals surface area contributed by atoms with Crippen molar-refractivity contribution < 1.29 is 14.3 Å². The van der Waals surface area contributed by atoms with E-state index in [1.165, 1.54) is 12.3 Å². The number of halogens is 1. The van der Waals surface area contributed by atoms with Crippen LogP contribution in [0, 0.1) is 5.82 Å². The van der Waals surface area contributed by atoms with Gasteiger partial charge in [-0.2, -0.15) is 0 Å².